The first-order valence-electron chi connectivity index (χ1n) is 7.07. The first kappa shape index (κ1) is 15.1. The van der Waals surface area contributed by atoms with E-state index in [0.29, 0.717) is 24.3 Å². The van der Waals surface area contributed by atoms with Crippen LogP contribution in [0.25, 0.3) is 0 Å². The van der Waals surface area contributed by atoms with Crippen LogP contribution in [-0.2, 0) is 5.60 Å². The summed E-state index contributed by atoms with van der Waals surface area (Å²) in [5, 5.41) is 13.7. The van der Waals surface area contributed by atoms with Crippen molar-refractivity contribution in [2.24, 2.45) is 0 Å². The summed E-state index contributed by atoms with van der Waals surface area (Å²) in [5.74, 6) is 0.464. The molecule has 0 aromatic heterocycles. The predicted octanol–water partition coefficient (Wildman–Crippen LogP) is 2.85. The number of fused-ring (bicyclic) bond motifs is 1. The van der Waals surface area contributed by atoms with E-state index in [9.17, 15) is 9.90 Å². The van der Waals surface area contributed by atoms with Gasteiger partial charge in [-0.2, -0.15) is 0 Å². The Bertz CT molecular complexity index is 704. The first-order valence-corrected chi connectivity index (χ1v) is 7.86. The number of rotatable bonds is 3. The van der Waals surface area contributed by atoms with Gasteiger partial charge >= 0.3 is 0 Å². The van der Waals surface area contributed by atoms with Gasteiger partial charge in [0.15, 0.2) is 0 Å². The summed E-state index contributed by atoms with van der Waals surface area (Å²) in [6, 6.07) is 14.5. The molecule has 1 heterocycles. The Kier molecular flexibility index (Phi) is 4.18. The minimum absolute atomic E-state index is 0.152. The molecule has 0 fully saturated rings. The molecule has 3 rings (SSSR count). The summed E-state index contributed by atoms with van der Waals surface area (Å²) >= 11 is 3.34. The van der Waals surface area contributed by atoms with Crippen LogP contribution in [-0.4, -0.2) is 24.2 Å². The summed E-state index contributed by atoms with van der Waals surface area (Å²) in [7, 11) is 0. The molecule has 5 heteroatoms. The van der Waals surface area contributed by atoms with Gasteiger partial charge in [0.1, 0.15) is 11.4 Å². The molecule has 1 atom stereocenters. The second kappa shape index (κ2) is 6.10. The maximum absolute atomic E-state index is 12.2. The van der Waals surface area contributed by atoms with E-state index < -0.39 is 5.60 Å². The number of para-hydroxylation sites is 1. The molecule has 22 heavy (non-hydrogen) atoms. The zero-order valence-corrected chi connectivity index (χ0v) is 13.5. The minimum atomic E-state index is -1.10. The van der Waals surface area contributed by atoms with Crippen molar-refractivity contribution in [1.82, 2.24) is 5.32 Å². The summed E-state index contributed by atoms with van der Waals surface area (Å²) in [6.45, 7) is 0.582. The van der Waals surface area contributed by atoms with E-state index in [-0.39, 0.29) is 12.5 Å². The predicted molar refractivity (Wildman–Crippen MR) is 86.9 cm³/mol. The standard InChI is InChI=1S/C17H16BrNO3/c18-13-5-3-4-12(10-13)16(20)19-11-17(21)8-9-22-15-7-2-1-6-14(15)17/h1-7,10,21H,8-9,11H2,(H,19,20). The van der Waals surface area contributed by atoms with Gasteiger partial charge < -0.3 is 15.2 Å². The molecule has 2 aromatic carbocycles. The highest BCUT2D eigenvalue weighted by molar-refractivity contribution is 9.10. The quantitative estimate of drug-likeness (QED) is 0.883. The third-order valence-electron chi connectivity index (χ3n) is 3.79. The normalized spacial score (nSPS) is 19.9. The largest absolute Gasteiger partial charge is 0.493 e. The summed E-state index contributed by atoms with van der Waals surface area (Å²) < 4.78 is 6.39. The zero-order chi connectivity index (χ0) is 15.6. The van der Waals surface area contributed by atoms with E-state index in [2.05, 4.69) is 21.2 Å². The molecule has 1 amide bonds. The Morgan fingerprint density at radius 2 is 2.09 bits per heavy atom. The molecule has 1 aliphatic rings. The topological polar surface area (TPSA) is 58.6 Å². The molecule has 2 aromatic rings. The molecule has 4 nitrogen and oxygen atoms in total. The van der Waals surface area contributed by atoms with Crippen LogP contribution in [0.3, 0.4) is 0 Å². The van der Waals surface area contributed by atoms with Gasteiger partial charge in [0, 0.05) is 22.0 Å². The van der Waals surface area contributed by atoms with Crippen LogP contribution in [0.2, 0.25) is 0 Å². The Hall–Kier alpha value is -1.85. The molecular weight excluding hydrogens is 346 g/mol. The molecule has 0 aliphatic carbocycles. The maximum Gasteiger partial charge on any atom is 0.251 e. The SMILES string of the molecule is O=C(NCC1(O)CCOc2ccccc21)c1cccc(Br)c1. The molecule has 114 valence electrons. The van der Waals surface area contributed by atoms with E-state index in [4.69, 9.17) is 4.74 Å². The van der Waals surface area contributed by atoms with E-state index >= 15 is 0 Å². The van der Waals surface area contributed by atoms with Crippen molar-refractivity contribution in [2.75, 3.05) is 13.2 Å². The van der Waals surface area contributed by atoms with Crippen LogP contribution in [0.15, 0.2) is 53.0 Å². The van der Waals surface area contributed by atoms with Gasteiger partial charge in [-0.25, -0.2) is 0 Å². The number of amides is 1. The van der Waals surface area contributed by atoms with Gasteiger partial charge in [-0.05, 0) is 24.3 Å². The number of aliphatic hydroxyl groups is 1. The van der Waals surface area contributed by atoms with Crippen LogP contribution in [0.1, 0.15) is 22.3 Å². The van der Waals surface area contributed by atoms with E-state index in [1.165, 1.54) is 0 Å². The van der Waals surface area contributed by atoms with Crippen molar-refractivity contribution in [2.45, 2.75) is 12.0 Å². The lowest BCUT2D eigenvalue weighted by Gasteiger charge is -2.34. The van der Waals surface area contributed by atoms with Crippen LogP contribution in [0.5, 0.6) is 5.75 Å². The second-order valence-electron chi connectivity index (χ2n) is 5.32. The molecule has 0 spiro atoms. The van der Waals surface area contributed by atoms with Crippen molar-refractivity contribution in [3.63, 3.8) is 0 Å². The minimum Gasteiger partial charge on any atom is -0.493 e. The fraction of sp³-hybridized carbons (Fsp3) is 0.235. The molecular formula is C17H16BrNO3. The highest BCUT2D eigenvalue weighted by Crippen LogP contribution is 2.36. The van der Waals surface area contributed by atoms with Gasteiger partial charge in [0.05, 0.1) is 13.2 Å². The average molecular weight is 362 g/mol. The zero-order valence-electron chi connectivity index (χ0n) is 11.9. The molecule has 0 saturated carbocycles. The van der Waals surface area contributed by atoms with Crippen LogP contribution in [0.4, 0.5) is 0 Å². The van der Waals surface area contributed by atoms with Crippen molar-refractivity contribution in [1.29, 1.82) is 0 Å². The Balaban J connectivity index is 1.75. The number of hydrogen-bond acceptors (Lipinski definition) is 3. The highest BCUT2D eigenvalue weighted by Gasteiger charge is 2.35. The fourth-order valence-electron chi connectivity index (χ4n) is 2.58. The van der Waals surface area contributed by atoms with E-state index in [1.807, 2.05) is 30.3 Å². The number of halogens is 1. The molecule has 0 radical (unpaired) electrons. The molecule has 1 unspecified atom stereocenters. The number of carbonyl (C=O) groups excluding carboxylic acids is 1. The molecule has 1 aliphatic heterocycles. The van der Waals surface area contributed by atoms with Gasteiger partial charge in [0.2, 0.25) is 0 Å². The number of hydrogen-bond donors (Lipinski definition) is 2. The van der Waals surface area contributed by atoms with Crippen molar-refractivity contribution in [3.8, 4) is 5.75 Å². The smallest absolute Gasteiger partial charge is 0.251 e. The van der Waals surface area contributed by atoms with E-state index in [1.54, 1.807) is 18.2 Å². The summed E-state index contributed by atoms with van der Waals surface area (Å²) in [6.07, 6.45) is 0.447. The summed E-state index contributed by atoms with van der Waals surface area (Å²) in [4.78, 5) is 12.2. The Morgan fingerprint density at radius 1 is 1.27 bits per heavy atom. The lowest BCUT2D eigenvalue weighted by Crippen LogP contribution is -2.43. The Morgan fingerprint density at radius 3 is 2.91 bits per heavy atom. The van der Waals surface area contributed by atoms with E-state index in [0.717, 1.165) is 10.0 Å². The van der Waals surface area contributed by atoms with Gasteiger partial charge in [-0.15, -0.1) is 0 Å². The van der Waals surface area contributed by atoms with Crippen LogP contribution in [0, 0.1) is 0 Å². The lowest BCUT2D eigenvalue weighted by molar-refractivity contribution is -0.00160. The van der Waals surface area contributed by atoms with Crippen molar-refractivity contribution < 1.29 is 14.6 Å². The maximum atomic E-state index is 12.2. The Labute approximate surface area is 137 Å². The van der Waals surface area contributed by atoms with Crippen molar-refractivity contribution >= 4 is 21.8 Å². The summed E-state index contributed by atoms with van der Waals surface area (Å²) in [5.41, 5.74) is 0.172. The monoisotopic (exact) mass is 361 g/mol. The van der Waals surface area contributed by atoms with Crippen molar-refractivity contribution in [3.05, 3.63) is 64.1 Å². The van der Waals surface area contributed by atoms with Crippen LogP contribution >= 0.6 is 15.9 Å². The fourth-order valence-corrected chi connectivity index (χ4v) is 2.98. The first-order chi connectivity index (χ1) is 10.6. The molecule has 2 N–H and O–H groups in total. The highest BCUT2D eigenvalue weighted by atomic mass is 79.9. The third kappa shape index (κ3) is 3.00. The molecule has 0 saturated heterocycles. The number of benzene rings is 2. The van der Waals surface area contributed by atoms with Crippen LogP contribution < -0.4 is 10.1 Å². The van der Waals surface area contributed by atoms with Gasteiger partial charge in [0.25, 0.3) is 5.91 Å². The third-order valence-corrected chi connectivity index (χ3v) is 4.28. The van der Waals surface area contributed by atoms with Gasteiger partial charge in [-0.1, -0.05) is 40.2 Å². The molecule has 0 bridgehead atoms. The number of ether oxygens (including phenoxy) is 1. The lowest BCUT2D eigenvalue weighted by atomic mass is 9.88. The number of nitrogens with one attached hydrogen (secondary N) is 1. The second-order valence-corrected chi connectivity index (χ2v) is 6.23. The average Bonchev–Trinajstić information content (AvgIpc) is 2.53. The van der Waals surface area contributed by atoms with Gasteiger partial charge in [-0.3, -0.25) is 4.79 Å². The number of carbonyl (C=O) groups is 1.